The van der Waals surface area contributed by atoms with E-state index in [1.165, 1.54) is 6.61 Å². The molecule has 0 amide bonds. The molecule has 4 rings (SSSR count). The van der Waals surface area contributed by atoms with Gasteiger partial charge in [0.25, 0.3) is 0 Å². The molecule has 3 aromatic carbocycles. The molecule has 1 saturated heterocycles. The van der Waals surface area contributed by atoms with E-state index in [0.717, 1.165) is 16.7 Å². The van der Waals surface area contributed by atoms with Gasteiger partial charge in [-0.15, -0.1) is 0 Å². The predicted octanol–water partition coefficient (Wildman–Crippen LogP) is 4.00. The van der Waals surface area contributed by atoms with Gasteiger partial charge in [-0.1, -0.05) is 54.6 Å². The zero-order valence-corrected chi connectivity index (χ0v) is 24.0. The predicted molar refractivity (Wildman–Crippen MR) is 126 cm³/mol. The fourth-order valence-corrected chi connectivity index (χ4v) is 4.28. The summed E-state index contributed by atoms with van der Waals surface area (Å²) in [7, 11) is 3.18. The van der Waals surface area contributed by atoms with Crippen molar-refractivity contribution >= 4 is 6.16 Å². The van der Waals surface area contributed by atoms with Gasteiger partial charge in [-0.3, -0.25) is 0 Å². The zero-order chi connectivity index (χ0) is 24.8. The summed E-state index contributed by atoms with van der Waals surface area (Å²) in [5.41, 5.74) is 1.13. The summed E-state index contributed by atoms with van der Waals surface area (Å²) < 4.78 is 28.1. The Bertz CT molecular complexity index is 1060. The number of hydrogen-bond acceptors (Lipinski definition) is 7. The van der Waals surface area contributed by atoms with Gasteiger partial charge in [0, 0.05) is 31.1 Å². The van der Waals surface area contributed by atoms with Crippen LogP contribution in [-0.2, 0) is 19.8 Å². The van der Waals surface area contributed by atoms with Crippen LogP contribution in [0.1, 0.15) is 16.7 Å². The molecular weight excluding hydrogens is 690 g/mol. The molecule has 2 N–H and O–H groups in total. The number of aliphatic hydroxyl groups is 1. The fourth-order valence-electron chi connectivity index (χ4n) is 4.28. The van der Waals surface area contributed by atoms with Crippen molar-refractivity contribution in [2.75, 3.05) is 20.8 Å². The Morgan fingerprint density at radius 3 is 1.83 bits per heavy atom. The Hall–Kier alpha value is -2.54. The monoisotopic (exact) mass is 717 g/mol. The molecule has 3 unspecified atom stereocenters. The maximum atomic E-state index is 11.4. The molecule has 8 nitrogen and oxygen atoms in total. The maximum absolute atomic E-state index is 11.4. The van der Waals surface area contributed by atoms with Crippen LogP contribution >= 0.6 is 0 Å². The van der Waals surface area contributed by atoms with Crippen molar-refractivity contribution in [3.8, 4) is 11.5 Å². The molecule has 3 aromatic rings. The van der Waals surface area contributed by atoms with Crippen molar-refractivity contribution in [1.29, 1.82) is 0 Å². The van der Waals surface area contributed by atoms with Crippen LogP contribution < -0.4 is 9.47 Å². The first kappa shape index (κ1) is 28.0. The van der Waals surface area contributed by atoms with E-state index in [2.05, 4.69) is 0 Å². The quantitative estimate of drug-likeness (QED) is 0.195. The number of aliphatic hydroxyl groups excluding tert-OH is 1. The minimum absolute atomic E-state index is 0. The van der Waals surface area contributed by atoms with Gasteiger partial charge in [-0.2, -0.15) is 6.61 Å². The molecular formula is C27H27O8U-. The van der Waals surface area contributed by atoms with Crippen LogP contribution in [0, 0.1) is 37.7 Å². The summed E-state index contributed by atoms with van der Waals surface area (Å²) in [5.74, 6) is 1.35. The molecule has 9 heteroatoms. The largest absolute Gasteiger partial charge is 0.543 e. The molecule has 0 aromatic heterocycles. The van der Waals surface area contributed by atoms with Crippen molar-refractivity contribution in [2.24, 2.45) is 0 Å². The molecule has 1 fully saturated rings. The SMILES string of the molecule is COc1ccc(C(OC2[CH-]OC(CO)C2OC(=O)O)(c2ccccc2)c2ccc(OC)cc2)cc1.[U]. The molecule has 0 saturated carbocycles. The summed E-state index contributed by atoms with van der Waals surface area (Å²) in [5, 5.41) is 19.0. The van der Waals surface area contributed by atoms with Crippen LogP contribution in [0.5, 0.6) is 11.5 Å². The van der Waals surface area contributed by atoms with Gasteiger partial charge in [0.1, 0.15) is 23.2 Å². The molecule has 0 spiro atoms. The van der Waals surface area contributed by atoms with Crippen LogP contribution in [0.2, 0.25) is 0 Å². The second-order valence-electron chi connectivity index (χ2n) is 7.93. The third-order valence-corrected chi connectivity index (χ3v) is 5.98. The smallest absolute Gasteiger partial charge is 0.506 e. The van der Waals surface area contributed by atoms with Crippen LogP contribution in [0.3, 0.4) is 0 Å². The number of rotatable bonds is 9. The fraction of sp³-hybridized carbons (Fsp3) is 0.259. The molecule has 188 valence electrons. The summed E-state index contributed by atoms with van der Waals surface area (Å²) >= 11 is 0. The Balaban J connectivity index is 0.00000361. The average Bonchev–Trinajstić information content (AvgIpc) is 3.28. The summed E-state index contributed by atoms with van der Waals surface area (Å²) in [4.78, 5) is 11.4. The third-order valence-electron chi connectivity index (χ3n) is 5.98. The Labute approximate surface area is 233 Å². The number of carbonyl (C=O) groups is 1. The molecule has 1 heterocycles. The first-order valence-corrected chi connectivity index (χ1v) is 11.0. The van der Waals surface area contributed by atoms with Gasteiger partial charge in [0.05, 0.1) is 26.9 Å². The maximum Gasteiger partial charge on any atom is 0.506 e. The van der Waals surface area contributed by atoms with E-state index in [4.69, 9.17) is 23.7 Å². The second kappa shape index (κ2) is 12.6. The topological polar surface area (TPSA) is 104 Å². The van der Waals surface area contributed by atoms with Gasteiger partial charge in [-0.05, 0) is 47.1 Å². The summed E-state index contributed by atoms with van der Waals surface area (Å²) in [6, 6.07) is 24.4. The van der Waals surface area contributed by atoms with Gasteiger partial charge in [0.15, 0.2) is 0 Å². The Morgan fingerprint density at radius 2 is 1.39 bits per heavy atom. The molecule has 0 aliphatic carbocycles. The Morgan fingerprint density at radius 1 is 0.889 bits per heavy atom. The number of ether oxygens (including phenoxy) is 5. The van der Waals surface area contributed by atoms with Crippen molar-refractivity contribution in [3.05, 3.63) is 102 Å². The zero-order valence-electron chi connectivity index (χ0n) is 19.9. The number of carboxylic acid groups (broad SMARTS) is 1. The number of benzene rings is 3. The molecule has 1 aliphatic rings. The van der Waals surface area contributed by atoms with E-state index >= 15 is 0 Å². The summed E-state index contributed by atoms with van der Waals surface area (Å²) in [6.45, 7) is 0.941. The minimum Gasteiger partial charge on any atom is -0.543 e. The van der Waals surface area contributed by atoms with Crippen molar-refractivity contribution in [3.63, 3.8) is 0 Å². The molecule has 0 bridgehead atoms. The van der Waals surface area contributed by atoms with Crippen LogP contribution in [0.15, 0.2) is 78.9 Å². The number of methoxy groups -OCH3 is 2. The van der Waals surface area contributed by atoms with E-state index < -0.39 is 36.7 Å². The van der Waals surface area contributed by atoms with Crippen LogP contribution in [0.4, 0.5) is 4.79 Å². The van der Waals surface area contributed by atoms with Crippen molar-refractivity contribution < 1.29 is 69.8 Å². The van der Waals surface area contributed by atoms with Crippen molar-refractivity contribution in [2.45, 2.75) is 23.9 Å². The van der Waals surface area contributed by atoms with Crippen LogP contribution in [0.25, 0.3) is 0 Å². The minimum atomic E-state index is -1.49. The molecule has 36 heavy (non-hydrogen) atoms. The van der Waals surface area contributed by atoms with E-state index in [1.807, 2.05) is 78.9 Å². The van der Waals surface area contributed by atoms with Gasteiger partial charge in [0.2, 0.25) is 0 Å². The first-order valence-electron chi connectivity index (χ1n) is 11.0. The molecule has 0 radical (unpaired) electrons. The van der Waals surface area contributed by atoms with E-state index in [1.54, 1.807) is 14.2 Å². The number of hydrogen-bond donors (Lipinski definition) is 2. The van der Waals surface area contributed by atoms with E-state index in [9.17, 15) is 15.0 Å². The third kappa shape index (κ3) is 5.72. The second-order valence-corrected chi connectivity index (χ2v) is 7.93. The van der Waals surface area contributed by atoms with Gasteiger partial charge < -0.3 is 33.9 Å². The standard InChI is InChI=1S/C27H27O8.U/c1-31-21-12-8-19(9-13-21)27(18-6-4-3-5-7-18,20-10-14-22(32-2)15-11-20)35-24-17-33-23(16-28)25(24)34-26(29)30;/h3-15,17,23-25,28H,16H2,1-2H3,(H,29,30);/q-1;. The van der Waals surface area contributed by atoms with E-state index in [-0.39, 0.29) is 31.1 Å². The molecule has 3 atom stereocenters. The normalized spacial score (nSPS) is 19.2. The van der Waals surface area contributed by atoms with Gasteiger partial charge >= 0.3 is 6.16 Å². The van der Waals surface area contributed by atoms with Crippen LogP contribution in [-0.4, -0.2) is 55.5 Å². The van der Waals surface area contributed by atoms with Crippen molar-refractivity contribution in [1.82, 2.24) is 0 Å². The van der Waals surface area contributed by atoms with E-state index in [0.29, 0.717) is 11.5 Å². The first-order chi connectivity index (χ1) is 17.0. The average molecular weight is 718 g/mol. The van der Waals surface area contributed by atoms with Gasteiger partial charge in [-0.25, -0.2) is 4.79 Å². The Kier molecular flexibility index (Phi) is 9.83. The molecule has 1 aliphatic heterocycles. The summed E-state index contributed by atoms with van der Waals surface area (Å²) in [6.07, 6.45) is -4.37.